The third-order valence-corrected chi connectivity index (χ3v) is 4.17. The van der Waals surface area contributed by atoms with E-state index in [1.807, 2.05) is 19.5 Å². The second kappa shape index (κ2) is 7.60. The molecule has 1 atom stereocenters. The van der Waals surface area contributed by atoms with Crippen LogP contribution >= 0.6 is 11.3 Å². The van der Waals surface area contributed by atoms with E-state index >= 15 is 0 Å². The highest BCUT2D eigenvalue weighted by molar-refractivity contribution is 7.09. The summed E-state index contributed by atoms with van der Waals surface area (Å²) in [5, 5.41) is 0. The molecule has 0 saturated carbocycles. The number of hydrogen-bond acceptors (Lipinski definition) is 4. The van der Waals surface area contributed by atoms with Gasteiger partial charge in [0.25, 0.3) is 0 Å². The van der Waals surface area contributed by atoms with E-state index < -0.39 is 0 Å². The molecule has 0 radical (unpaired) electrons. The van der Waals surface area contributed by atoms with E-state index in [0.717, 1.165) is 17.0 Å². The lowest BCUT2D eigenvalue weighted by Gasteiger charge is -2.21. The van der Waals surface area contributed by atoms with E-state index in [9.17, 15) is 4.79 Å². The molecule has 0 spiro atoms. The Labute approximate surface area is 120 Å². The summed E-state index contributed by atoms with van der Waals surface area (Å²) in [6, 6.07) is 0. The molecule has 1 aromatic rings. The van der Waals surface area contributed by atoms with Gasteiger partial charge in [-0.1, -0.05) is 13.8 Å². The first-order valence-corrected chi connectivity index (χ1v) is 7.65. The molecule has 0 fully saturated rings. The number of thiazole rings is 1. The van der Waals surface area contributed by atoms with Crippen LogP contribution in [-0.4, -0.2) is 29.4 Å². The van der Waals surface area contributed by atoms with Crippen LogP contribution in [0.1, 0.15) is 37.3 Å². The molecule has 0 bridgehead atoms. The summed E-state index contributed by atoms with van der Waals surface area (Å²) in [6.45, 7) is 7.53. The topological polar surface area (TPSA) is 59.2 Å². The minimum Gasteiger partial charge on any atom is -0.341 e. The number of aromatic nitrogens is 1. The summed E-state index contributed by atoms with van der Waals surface area (Å²) in [5.41, 5.74) is 8.59. The molecule has 4 nitrogen and oxygen atoms in total. The van der Waals surface area contributed by atoms with Crippen molar-refractivity contribution in [2.45, 2.75) is 40.2 Å². The maximum absolute atomic E-state index is 12.2. The Bertz CT molecular complexity index is 403. The first kappa shape index (κ1) is 16.1. The van der Waals surface area contributed by atoms with Crippen LogP contribution in [0.25, 0.3) is 0 Å². The standard InChI is InChI=1S/C14H25N3OS/c1-10(2)5-12(7-15)6-14(18)17(4)8-13-11(3)16-9-19-13/h9-10,12H,5-8,15H2,1-4H3. The Morgan fingerprint density at radius 3 is 2.68 bits per heavy atom. The first-order chi connectivity index (χ1) is 8.93. The lowest BCUT2D eigenvalue weighted by atomic mass is 9.94. The van der Waals surface area contributed by atoms with E-state index in [1.54, 1.807) is 16.2 Å². The van der Waals surface area contributed by atoms with Gasteiger partial charge in [-0.05, 0) is 31.7 Å². The second-order valence-electron chi connectivity index (χ2n) is 5.55. The number of aryl methyl sites for hydroxylation is 1. The molecular weight excluding hydrogens is 258 g/mol. The van der Waals surface area contributed by atoms with Gasteiger partial charge in [0.15, 0.2) is 0 Å². The van der Waals surface area contributed by atoms with E-state index in [2.05, 4.69) is 18.8 Å². The zero-order valence-corrected chi connectivity index (χ0v) is 13.2. The van der Waals surface area contributed by atoms with Crippen LogP contribution in [0.2, 0.25) is 0 Å². The molecule has 1 heterocycles. The average Bonchev–Trinajstić information content (AvgIpc) is 2.73. The fourth-order valence-electron chi connectivity index (χ4n) is 2.11. The summed E-state index contributed by atoms with van der Waals surface area (Å²) in [5.74, 6) is 1.04. The maximum atomic E-state index is 12.2. The first-order valence-electron chi connectivity index (χ1n) is 6.77. The van der Waals surface area contributed by atoms with E-state index in [1.165, 1.54) is 0 Å². The van der Waals surface area contributed by atoms with Crippen LogP contribution in [0.4, 0.5) is 0 Å². The van der Waals surface area contributed by atoms with Crippen molar-refractivity contribution < 1.29 is 4.79 Å². The van der Waals surface area contributed by atoms with Crippen LogP contribution < -0.4 is 5.73 Å². The van der Waals surface area contributed by atoms with Crippen molar-refractivity contribution in [2.75, 3.05) is 13.6 Å². The number of nitrogens with zero attached hydrogens (tertiary/aromatic N) is 2. The number of hydrogen-bond donors (Lipinski definition) is 1. The molecule has 0 aliphatic carbocycles. The highest BCUT2D eigenvalue weighted by atomic mass is 32.1. The molecule has 0 aliphatic heterocycles. The second-order valence-corrected chi connectivity index (χ2v) is 6.49. The van der Waals surface area contributed by atoms with Gasteiger partial charge in [0.05, 0.1) is 17.7 Å². The van der Waals surface area contributed by atoms with E-state index in [4.69, 9.17) is 5.73 Å². The number of amides is 1. The number of rotatable bonds is 7. The molecule has 1 rings (SSSR count). The van der Waals surface area contributed by atoms with Crippen LogP contribution in [0, 0.1) is 18.8 Å². The molecule has 1 unspecified atom stereocenters. The van der Waals surface area contributed by atoms with Crippen molar-refractivity contribution in [1.82, 2.24) is 9.88 Å². The highest BCUT2D eigenvalue weighted by Gasteiger charge is 2.18. The van der Waals surface area contributed by atoms with Gasteiger partial charge in [0.1, 0.15) is 0 Å². The molecule has 0 aromatic carbocycles. The van der Waals surface area contributed by atoms with Crippen molar-refractivity contribution in [3.8, 4) is 0 Å². The molecule has 19 heavy (non-hydrogen) atoms. The predicted molar refractivity (Wildman–Crippen MR) is 79.9 cm³/mol. The lowest BCUT2D eigenvalue weighted by Crippen LogP contribution is -2.30. The normalized spacial score (nSPS) is 12.7. The molecule has 1 amide bonds. The van der Waals surface area contributed by atoms with Crippen LogP contribution in [0.5, 0.6) is 0 Å². The predicted octanol–water partition coefficient (Wildman–Crippen LogP) is 2.42. The Morgan fingerprint density at radius 1 is 1.53 bits per heavy atom. The van der Waals surface area contributed by atoms with Crippen molar-refractivity contribution in [3.05, 3.63) is 16.1 Å². The summed E-state index contributed by atoms with van der Waals surface area (Å²) in [7, 11) is 1.85. The summed E-state index contributed by atoms with van der Waals surface area (Å²) in [6.07, 6.45) is 1.55. The fourth-order valence-corrected chi connectivity index (χ4v) is 2.94. The van der Waals surface area contributed by atoms with Gasteiger partial charge in [-0.2, -0.15) is 0 Å². The van der Waals surface area contributed by atoms with Gasteiger partial charge in [-0.15, -0.1) is 11.3 Å². The Morgan fingerprint density at radius 2 is 2.21 bits per heavy atom. The molecule has 0 saturated heterocycles. The van der Waals surface area contributed by atoms with Crippen molar-refractivity contribution in [1.29, 1.82) is 0 Å². The van der Waals surface area contributed by atoms with Gasteiger partial charge in [0.2, 0.25) is 5.91 Å². The van der Waals surface area contributed by atoms with E-state index in [0.29, 0.717) is 25.4 Å². The lowest BCUT2D eigenvalue weighted by molar-refractivity contribution is -0.131. The maximum Gasteiger partial charge on any atom is 0.222 e. The van der Waals surface area contributed by atoms with Gasteiger partial charge in [-0.3, -0.25) is 4.79 Å². The SMILES string of the molecule is Cc1ncsc1CN(C)C(=O)CC(CN)CC(C)C. The van der Waals surface area contributed by atoms with Crippen molar-refractivity contribution >= 4 is 17.2 Å². The Kier molecular flexibility index (Phi) is 6.45. The molecule has 5 heteroatoms. The summed E-state index contributed by atoms with van der Waals surface area (Å²) >= 11 is 1.60. The zero-order valence-electron chi connectivity index (χ0n) is 12.3. The van der Waals surface area contributed by atoms with Gasteiger partial charge in [-0.25, -0.2) is 4.98 Å². The van der Waals surface area contributed by atoms with Gasteiger partial charge >= 0.3 is 0 Å². The smallest absolute Gasteiger partial charge is 0.222 e. The quantitative estimate of drug-likeness (QED) is 0.836. The molecule has 0 aliphatic rings. The van der Waals surface area contributed by atoms with Crippen molar-refractivity contribution in [2.24, 2.45) is 17.6 Å². The summed E-state index contributed by atoms with van der Waals surface area (Å²) in [4.78, 5) is 19.3. The van der Waals surface area contributed by atoms with Crippen LogP contribution in [-0.2, 0) is 11.3 Å². The molecule has 2 N–H and O–H groups in total. The third kappa shape index (κ3) is 5.28. The molecule has 1 aromatic heterocycles. The monoisotopic (exact) mass is 283 g/mol. The fraction of sp³-hybridized carbons (Fsp3) is 0.714. The Hall–Kier alpha value is -0.940. The number of nitrogens with two attached hydrogens (primary N) is 1. The largest absolute Gasteiger partial charge is 0.341 e. The van der Waals surface area contributed by atoms with Crippen LogP contribution in [0.15, 0.2) is 5.51 Å². The number of carbonyl (C=O) groups excluding carboxylic acids is 1. The van der Waals surface area contributed by atoms with Gasteiger partial charge < -0.3 is 10.6 Å². The third-order valence-electron chi connectivity index (χ3n) is 3.25. The molecular formula is C14H25N3OS. The van der Waals surface area contributed by atoms with Gasteiger partial charge in [0, 0.05) is 18.3 Å². The van der Waals surface area contributed by atoms with Crippen molar-refractivity contribution in [3.63, 3.8) is 0 Å². The molecule has 108 valence electrons. The zero-order chi connectivity index (χ0) is 14.4. The average molecular weight is 283 g/mol. The van der Waals surface area contributed by atoms with E-state index in [-0.39, 0.29) is 11.8 Å². The highest BCUT2D eigenvalue weighted by Crippen LogP contribution is 2.18. The number of carbonyl (C=O) groups is 1. The summed E-state index contributed by atoms with van der Waals surface area (Å²) < 4.78 is 0. The van der Waals surface area contributed by atoms with Crippen LogP contribution in [0.3, 0.4) is 0 Å². The Balaban J connectivity index is 2.50. The minimum atomic E-state index is 0.170. The minimum absolute atomic E-state index is 0.170.